The molecule has 2 unspecified atom stereocenters. The van der Waals surface area contributed by atoms with E-state index in [9.17, 15) is 4.79 Å². The van der Waals surface area contributed by atoms with Crippen molar-refractivity contribution in [1.82, 2.24) is 0 Å². The molecule has 0 heterocycles. The maximum atomic E-state index is 12.3. The van der Waals surface area contributed by atoms with Crippen molar-refractivity contribution in [1.29, 1.82) is 0 Å². The fourth-order valence-corrected chi connectivity index (χ4v) is 2.58. The van der Waals surface area contributed by atoms with Crippen molar-refractivity contribution in [3.05, 3.63) is 69.7 Å². The Kier molecular flexibility index (Phi) is 5.34. The monoisotopic (exact) mass is 346 g/mol. The molecule has 2 aromatic rings. The van der Waals surface area contributed by atoms with Crippen LogP contribution in [0.3, 0.4) is 0 Å². The van der Waals surface area contributed by atoms with Gasteiger partial charge in [0, 0.05) is 10.0 Å². The van der Waals surface area contributed by atoms with Crippen LogP contribution >= 0.6 is 46.4 Å². The van der Waals surface area contributed by atoms with Crippen molar-refractivity contribution in [2.24, 2.45) is 0 Å². The van der Waals surface area contributed by atoms with Gasteiger partial charge in [-0.25, -0.2) is 0 Å². The molecule has 2 atom stereocenters. The largest absolute Gasteiger partial charge is 0.296 e. The molecule has 0 radical (unpaired) electrons. The van der Waals surface area contributed by atoms with Gasteiger partial charge in [0.15, 0.2) is 5.78 Å². The summed E-state index contributed by atoms with van der Waals surface area (Å²) in [5.41, 5.74) is 1.33. The SMILES string of the molecule is O=C(C(Cl)c1ccc(Cl)cc1)C(Cl)c1ccc(Cl)cc1. The number of carbonyl (C=O) groups excluding carboxylic acids is 1. The van der Waals surface area contributed by atoms with Crippen molar-refractivity contribution >= 4 is 52.2 Å². The molecule has 5 heteroatoms. The molecular weight excluding hydrogens is 338 g/mol. The molecule has 0 N–H and O–H groups in total. The quantitative estimate of drug-likeness (QED) is 0.636. The van der Waals surface area contributed by atoms with E-state index >= 15 is 0 Å². The van der Waals surface area contributed by atoms with Gasteiger partial charge in [0.1, 0.15) is 10.8 Å². The normalized spacial score (nSPS) is 13.8. The smallest absolute Gasteiger partial charge is 0.177 e. The molecule has 0 bridgehead atoms. The van der Waals surface area contributed by atoms with Crippen LogP contribution < -0.4 is 0 Å². The van der Waals surface area contributed by atoms with Gasteiger partial charge in [0.05, 0.1) is 0 Å². The molecule has 2 rings (SSSR count). The van der Waals surface area contributed by atoms with E-state index in [-0.39, 0.29) is 5.78 Å². The average Bonchev–Trinajstić information content (AvgIpc) is 2.46. The van der Waals surface area contributed by atoms with Crippen LogP contribution in [-0.2, 0) is 4.79 Å². The number of hydrogen-bond donors (Lipinski definition) is 0. The van der Waals surface area contributed by atoms with Gasteiger partial charge in [-0.05, 0) is 35.4 Å². The Morgan fingerprint density at radius 2 is 1.00 bits per heavy atom. The summed E-state index contributed by atoms with van der Waals surface area (Å²) in [6, 6.07) is 13.6. The predicted molar refractivity (Wildman–Crippen MR) is 85.1 cm³/mol. The molecular formula is C15H10Cl4O. The molecule has 0 spiro atoms. The number of halogens is 4. The zero-order chi connectivity index (χ0) is 14.7. The first kappa shape index (κ1) is 15.7. The highest BCUT2D eigenvalue weighted by atomic mass is 35.5. The summed E-state index contributed by atoms with van der Waals surface area (Å²) >= 11 is 24.0. The second-order valence-electron chi connectivity index (χ2n) is 4.23. The maximum Gasteiger partial charge on any atom is 0.177 e. The van der Waals surface area contributed by atoms with E-state index in [1.54, 1.807) is 48.5 Å². The summed E-state index contributed by atoms with van der Waals surface area (Å²) in [7, 11) is 0. The molecule has 0 aromatic heterocycles. The molecule has 104 valence electrons. The van der Waals surface area contributed by atoms with Gasteiger partial charge in [0.25, 0.3) is 0 Å². The number of benzene rings is 2. The number of rotatable bonds is 4. The van der Waals surface area contributed by atoms with Crippen LogP contribution in [0.25, 0.3) is 0 Å². The molecule has 0 aliphatic rings. The van der Waals surface area contributed by atoms with Gasteiger partial charge >= 0.3 is 0 Å². The first-order valence-electron chi connectivity index (χ1n) is 5.82. The van der Waals surface area contributed by atoms with Crippen LogP contribution in [0.1, 0.15) is 21.9 Å². The number of alkyl halides is 2. The minimum atomic E-state index is -0.814. The molecule has 0 aliphatic carbocycles. The Labute approximate surface area is 137 Å². The minimum Gasteiger partial charge on any atom is -0.296 e. The van der Waals surface area contributed by atoms with E-state index in [0.29, 0.717) is 21.2 Å². The van der Waals surface area contributed by atoms with Crippen LogP contribution in [-0.4, -0.2) is 5.78 Å². The third-order valence-corrected chi connectivity index (χ3v) is 4.26. The Bertz CT molecular complexity index is 539. The summed E-state index contributed by atoms with van der Waals surface area (Å²) in [5, 5.41) is -0.453. The van der Waals surface area contributed by atoms with E-state index in [2.05, 4.69) is 0 Å². The highest BCUT2D eigenvalue weighted by Gasteiger charge is 2.26. The molecule has 20 heavy (non-hydrogen) atoms. The Morgan fingerprint density at radius 1 is 0.700 bits per heavy atom. The minimum absolute atomic E-state index is 0.280. The first-order valence-corrected chi connectivity index (χ1v) is 7.44. The number of carbonyl (C=O) groups is 1. The van der Waals surface area contributed by atoms with Crippen LogP contribution in [0, 0.1) is 0 Å². The molecule has 0 fully saturated rings. The second kappa shape index (κ2) is 6.82. The third kappa shape index (κ3) is 3.67. The van der Waals surface area contributed by atoms with E-state index < -0.39 is 10.8 Å². The van der Waals surface area contributed by atoms with Crippen LogP contribution in [0.4, 0.5) is 0 Å². The molecule has 0 aliphatic heterocycles. The van der Waals surface area contributed by atoms with Gasteiger partial charge in [0.2, 0.25) is 0 Å². The summed E-state index contributed by atoms with van der Waals surface area (Å²) < 4.78 is 0. The van der Waals surface area contributed by atoms with Crippen LogP contribution in [0.2, 0.25) is 10.0 Å². The molecule has 0 amide bonds. The van der Waals surface area contributed by atoms with Gasteiger partial charge in [-0.15, -0.1) is 23.2 Å². The Morgan fingerprint density at radius 3 is 1.30 bits per heavy atom. The molecule has 1 nitrogen and oxygen atoms in total. The Hall–Kier alpha value is -0.730. The van der Waals surface area contributed by atoms with Crippen LogP contribution in [0.15, 0.2) is 48.5 Å². The van der Waals surface area contributed by atoms with Crippen molar-refractivity contribution in [3.8, 4) is 0 Å². The standard InChI is InChI=1S/C15H10Cl4O/c16-11-5-1-9(2-6-11)13(18)15(20)14(19)10-3-7-12(17)8-4-10/h1-8,13-14H. The number of ketones is 1. The highest BCUT2D eigenvalue weighted by molar-refractivity contribution is 6.40. The fraction of sp³-hybridized carbons (Fsp3) is 0.133. The van der Waals surface area contributed by atoms with Crippen LogP contribution in [0.5, 0.6) is 0 Å². The molecule has 0 saturated heterocycles. The molecule has 2 aromatic carbocycles. The van der Waals surface area contributed by atoms with E-state index in [1.807, 2.05) is 0 Å². The summed E-state index contributed by atoms with van der Waals surface area (Å²) in [5.74, 6) is -0.280. The lowest BCUT2D eigenvalue weighted by molar-refractivity contribution is -0.118. The predicted octanol–water partition coefficient (Wildman–Crippen LogP) is 5.82. The lowest BCUT2D eigenvalue weighted by Gasteiger charge is -2.14. The van der Waals surface area contributed by atoms with E-state index in [1.165, 1.54) is 0 Å². The van der Waals surface area contributed by atoms with Crippen molar-refractivity contribution in [3.63, 3.8) is 0 Å². The van der Waals surface area contributed by atoms with E-state index in [4.69, 9.17) is 46.4 Å². The van der Waals surface area contributed by atoms with Gasteiger partial charge in [-0.3, -0.25) is 4.79 Å². The summed E-state index contributed by atoms with van der Waals surface area (Å²) in [6.45, 7) is 0. The van der Waals surface area contributed by atoms with Crippen molar-refractivity contribution in [2.45, 2.75) is 10.8 Å². The summed E-state index contributed by atoms with van der Waals surface area (Å²) in [6.07, 6.45) is 0. The third-order valence-electron chi connectivity index (χ3n) is 2.82. The topological polar surface area (TPSA) is 17.1 Å². The summed E-state index contributed by atoms with van der Waals surface area (Å²) in [4.78, 5) is 12.3. The Balaban J connectivity index is 2.17. The average molecular weight is 348 g/mol. The second-order valence-corrected chi connectivity index (χ2v) is 5.98. The highest BCUT2D eigenvalue weighted by Crippen LogP contribution is 2.32. The maximum absolute atomic E-state index is 12.3. The lowest BCUT2D eigenvalue weighted by atomic mass is 10.0. The van der Waals surface area contributed by atoms with Crippen molar-refractivity contribution < 1.29 is 4.79 Å². The van der Waals surface area contributed by atoms with E-state index in [0.717, 1.165) is 0 Å². The van der Waals surface area contributed by atoms with Gasteiger partial charge in [-0.2, -0.15) is 0 Å². The number of Topliss-reactive ketones (excluding diaryl/α,β-unsaturated/α-hetero) is 1. The molecule has 0 saturated carbocycles. The first-order chi connectivity index (χ1) is 9.49. The van der Waals surface area contributed by atoms with Gasteiger partial charge < -0.3 is 0 Å². The zero-order valence-corrected chi connectivity index (χ0v) is 13.2. The van der Waals surface area contributed by atoms with Gasteiger partial charge in [-0.1, -0.05) is 47.5 Å². The lowest BCUT2D eigenvalue weighted by Crippen LogP contribution is -2.13. The fourth-order valence-electron chi connectivity index (χ4n) is 1.72. The van der Waals surface area contributed by atoms with Crippen molar-refractivity contribution in [2.75, 3.05) is 0 Å². The zero-order valence-electron chi connectivity index (χ0n) is 10.2. The number of hydrogen-bond acceptors (Lipinski definition) is 1.